The molecule has 2 aliphatic carbocycles. The zero-order chi connectivity index (χ0) is 20.3. The lowest BCUT2D eigenvalue weighted by Crippen LogP contribution is -2.53. The fourth-order valence-corrected chi connectivity index (χ4v) is 4.96. The van der Waals surface area contributed by atoms with Gasteiger partial charge in [0.25, 0.3) is 5.91 Å². The maximum atomic E-state index is 12.9. The van der Waals surface area contributed by atoms with Gasteiger partial charge < -0.3 is 15.4 Å². The Morgan fingerprint density at radius 1 is 1.07 bits per heavy atom. The molecule has 2 N–H and O–H groups in total. The fraction of sp³-hybridized carbons (Fsp3) is 0.652. The lowest BCUT2D eigenvalue weighted by molar-refractivity contribution is -0.125. The predicted octanol–water partition coefficient (Wildman–Crippen LogP) is 3.78. The quantitative estimate of drug-likeness (QED) is 0.714. The van der Waals surface area contributed by atoms with Crippen molar-refractivity contribution < 1.29 is 14.3 Å². The second-order valence-electron chi connectivity index (χ2n) is 8.79. The number of rotatable bonds is 8. The van der Waals surface area contributed by atoms with Crippen LogP contribution in [0.2, 0.25) is 0 Å². The van der Waals surface area contributed by atoms with Crippen LogP contribution in [0, 0.1) is 23.7 Å². The number of ether oxygens (including phenoxy) is 1. The molecule has 5 atom stereocenters. The molecule has 1 aromatic carbocycles. The average Bonchev–Trinajstić information content (AvgIpc) is 3.30. The number of fused-ring (bicyclic) bond motifs is 2. The number of nitrogens with one attached hydrogen (secondary N) is 2. The van der Waals surface area contributed by atoms with E-state index in [1.54, 1.807) is 24.3 Å². The van der Waals surface area contributed by atoms with E-state index >= 15 is 0 Å². The highest BCUT2D eigenvalue weighted by Crippen LogP contribution is 2.49. The Balaban J connectivity index is 1.59. The van der Waals surface area contributed by atoms with Crippen LogP contribution in [0.1, 0.15) is 63.7 Å². The van der Waals surface area contributed by atoms with Crippen molar-refractivity contribution >= 4 is 11.8 Å². The van der Waals surface area contributed by atoms with Crippen LogP contribution >= 0.6 is 0 Å². The van der Waals surface area contributed by atoms with Crippen LogP contribution in [-0.2, 0) is 4.79 Å². The molecule has 0 radical (unpaired) electrons. The SMILES string of the molecule is CCOc1ccc(C(=O)N[C@H](C(=O)NC(C)C2CC3CCC2C3)C(C)C)cc1. The van der Waals surface area contributed by atoms with Crippen LogP contribution in [0.25, 0.3) is 0 Å². The van der Waals surface area contributed by atoms with Gasteiger partial charge in [0.2, 0.25) is 5.91 Å². The summed E-state index contributed by atoms with van der Waals surface area (Å²) in [6, 6.07) is 6.63. The van der Waals surface area contributed by atoms with Crippen LogP contribution in [-0.4, -0.2) is 30.5 Å². The lowest BCUT2D eigenvalue weighted by Gasteiger charge is -2.31. The summed E-state index contributed by atoms with van der Waals surface area (Å²) in [4.78, 5) is 25.6. The van der Waals surface area contributed by atoms with E-state index in [2.05, 4.69) is 17.6 Å². The zero-order valence-electron chi connectivity index (χ0n) is 17.5. The monoisotopic (exact) mass is 386 g/mol. The summed E-state index contributed by atoms with van der Waals surface area (Å²) in [5.74, 6) is 2.63. The summed E-state index contributed by atoms with van der Waals surface area (Å²) in [5, 5.41) is 6.12. The zero-order valence-corrected chi connectivity index (χ0v) is 17.5. The van der Waals surface area contributed by atoms with Crippen molar-refractivity contribution in [3.8, 4) is 5.75 Å². The largest absolute Gasteiger partial charge is 0.494 e. The van der Waals surface area contributed by atoms with Gasteiger partial charge in [0, 0.05) is 11.6 Å². The first-order valence-corrected chi connectivity index (χ1v) is 10.7. The van der Waals surface area contributed by atoms with Crippen molar-refractivity contribution in [1.29, 1.82) is 0 Å². The standard InChI is InChI=1S/C23H34N2O3/c1-5-28-19-10-8-17(9-11-19)22(26)25-21(14(2)3)23(27)24-15(4)20-13-16-6-7-18(20)12-16/h8-11,14-16,18,20-21H,5-7,12-13H2,1-4H3,(H,24,27)(H,25,26)/t15?,16?,18?,20?,21-/m0/s1. The van der Waals surface area contributed by atoms with E-state index in [0.717, 1.165) is 17.6 Å². The lowest BCUT2D eigenvalue weighted by atomic mass is 9.84. The molecule has 0 aliphatic heterocycles. The van der Waals surface area contributed by atoms with Crippen LogP contribution in [0.5, 0.6) is 5.75 Å². The summed E-state index contributed by atoms with van der Waals surface area (Å²) >= 11 is 0. The molecule has 1 aromatic rings. The second kappa shape index (κ2) is 8.97. The molecule has 2 saturated carbocycles. The summed E-state index contributed by atoms with van der Waals surface area (Å²) in [6.45, 7) is 8.55. The van der Waals surface area contributed by atoms with Crippen LogP contribution in [0.4, 0.5) is 0 Å². The van der Waals surface area contributed by atoms with Gasteiger partial charge in [-0.1, -0.05) is 20.3 Å². The second-order valence-corrected chi connectivity index (χ2v) is 8.79. The number of hydrogen-bond acceptors (Lipinski definition) is 3. The van der Waals surface area contributed by atoms with Gasteiger partial charge in [0.05, 0.1) is 6.61 Å². The Hall–Kier alpha value is -2.04. The summed E-state index contributed by atoms with van der Waals surface area (Å²) < 4.78 is 5.42. The molecular formula is C23H34N2O3. The van der Waals surface area contributed by atoms with Gasteiger partial charge >= 0.3 is 0 Å². The predicted molar refractivity (Wildman–Crippen MR) is 110 cm³/mol. The molecule has 3 rings (SSSR count). The third-order valence-electron chi connectivity index (χ3n) is 6.47. The van der Waals surface area contributed by atoms with Crippen molar-refractivity contribution in [3.05, 3.63) is 29.8 Å². The molecule has 2 fully saturated rings. The highest BCUT2D eigenvalue weighted by Gasteiger charge is 2.42. The molecule has 5 nitrogen and oxygen atoms in total. The van der Waals surface area contributed by atoms with Crippen LogP contribution < -0.4 is 15.4 Å². The summed E-state index contributed by atoms with van der Waals surface area (Å²) in [5.41, 5.74) is 0.531. The van der Waals surface area contributed by atoms with Crippen molar-refractivity contribution in [3.63, 3.8) is 0 Å². The summed E-state index contributed by atoms with van der Waals surface area (Å²) in [6.07, 6.45) is 5.22. The Bertz CT molecular complexity index is 686. The third kappa shape index (κ3) is 4.68. The van der Waals surface area contributed by atoms with E-state index < -0.39 is 6.04 Å². The Morgan fingerprint density at radius 2 is 1.79 bits per heavy atom. The maximum absolute atomic E-state index is 12.9. The van der Waals surface area contributed by atoms with Gasteiger partial charge in [-0.05, 0) is 81.0 Å². The molecule has 4 unspecified atom stereocenters. The van der Waals surface area contributed by atoms with Gasteiger partial charge in [0.1, 0.15) is 11.8 Å². The van der Waals surface area contributed by atoms with Crippen LogP contribution in [0.15, 0.2) is 24.3 Å². The number of carbonyl (C=O) groups is 2. The topological polar surface area (TPSA) is 67.4 Å². The van der Waals surface area contributed by atoms with Crippen molar-refractivity contribution in [2.45, 2.75) is 65.5 Å². The Morgan fingerprint density at radius 3 is 2.32 bits per heavy atom. The first-order valence-electron chi connectivity index (χ1n) is 10.7. The highest BCUT2D eigenvalue weighted by atomic mass is 16.5. The average molecular weight is 387 g/mol. The first-order chi connectivity index (χ1) is 13.4. The molecule has 2 aliphatic rings. The number of benzene rings is 1. The molecule has 154 valence electrons. The highest BCUT2D eigenvalue weighted by molar-refractivity contribution is 5.97. The van der Waals surface area contributed by atoms with Gasteiger partial charge in [-0.2, -0.15) is 0 Å². The van der Waals surface area contributed by atoms with E-state index in [9.17, 15) is 9.59 Å². The number of carbonyl (C=O) groups excluding carboxylic acids is 2. The van der Waals surface area contributed by atoms with Gasteiger partial charge in [-0.3, -0.25) is 9.59 Å². The number of hydrogen-bond donors (Lipinski definition) is 2. The molecule has 0 aromatic heterocycles. The van der Waals surface area contributed by atoms with E-state index in [1.165, 1.54) is 25.7 Å². The third-order valence-corrected chi connectivity index (χ3v) is 6.47. The fourth-order valence-electron chi connectivity index (χ4n) is 4.96. The molecular weight excluding hydrogens is 352 g/mol. The van der Waals surface area contributed by atoms with Crippen molar-refractivity contribution in [2.75, 3.05) is 6.61 Å². The maximum Gasteiger partial charge on any atom is 0.251 e. The minimum Gasteiger partial charge on any atom is -0.494 e. The Kier molecular flexibility index (Phi) is 6.63. The van der Waals surface area contributed by atoms with Crippen molar-refractivity contribution in [2.24, 2.45) is 23.7 Å². The Labute approximate surface area is 168 Å². The van der Waals surface area contributed by atoms with E-state index in [0.29, 0.717) is 18.1 Å². The van der Waals surface area contributed by atoms with E-state index in [-0.39, 0.29) is 23.8 Å². The molecule has 28 heavy (non-hydrogen) atoms. The molecule has 2 amide bonds. The summed E-state index contributed by atoms with van der Waals surface area (Å²) in [7, 11) is 0. The minimum absolute atomic E-state index is 0.0128. The molecule has 2 bridgehead atoms. The first kappa shape index (κ1) is 20.7. The van der Waals surface area contributed by atoms with E-state index in [1.807, 2.05) is 20.8 Å². The molecule has 5 heteroatoms. The number of amides is 2. The van der Waals surface area contributed by atoms with Crippen molar-refractivity contribution in [1.82, 2.24) is 10.6 Å². The minimum atomic E-state index is -0.542. The van der Waals surface area contributed by atoms with Gasteiger partial charge in [-0.15, -0.1) is 0 Å². The molecule has 0 spiro atoms. The molecule has 0 saturated heterocycles. The van der Waals surface area contributed by atoms with E-state index in [4.69, 9.17) is 4.74 Å². The molecule has 0 heterocycles. The normalized spacial score (nSPS) is 25.4. The van der Waals surface area contributed by atoms with Gasteiger partial charge in [0.15, 0.2) is 0 Å². The van der Waals surface area contributed by atoms with Crippen LogP contribution in [0.3, 0.4) is 0 Å². The van der Waals surface area contributed by atoms with Gasteiger partial charge in [-0.25, -0.2) is 0 Å². The smallest absolute Gasteiger partial charge is 0.251 e.